The molecule has 0 amide bonds. The fraction of sp³-hybridized carbons (Fsp3) is 0.0588. The van der Waals surface area contributed by atoms with Crippen LogP contribution in [0.4, 0.5) is 0 Å². The molecule has 1 N–H and O–H groups in total. The predicted octanol–water partition coefficient (Wildman–Crippen LogP) is 12.8. The molecule has 5 heteroatoms. The van der Waals surface area contributed by atoms with Crippen LogP contribution in [0, 0.1) is 0 Å². The van der Waals surface area contributed by atoms with Crippen molar-refractivity contribution < 1.29 is 0 Å². The number of aromatic nitrogens is 5. The van der Waals surface area contributed by atoms with Gasteiger partial charge in [-0.3, -0.25) is 9.13 Å². The highest BCUT2D eigenvalue weighted by Gasteiger charge is 2.25. The Balaban J connectivity index is 1.15. The van der Waals surface area contributed by atoms with Gasteiger partial charge < -0.3 is 4.98 Å². The lowest BCUT2D eigenvalue weighted by atomic mass is 9.78. The summed E-state index contributed by atoms with van der Waals surface area (Å²) in [4.78, 5) is 14.1. The van der Waals surface area contributed by atoms with E-state index in [2.05, 4.69) is 198 Å². The van der Waals surface area contributed by atoms with Crippen LogP contribution < -0.4 is 0 Å². The Morgan fingerprint density at radius 2 is 1.25 bits per heavy atom. The average molecular weight is 720 g/mol. The number of nitrogens with one attached hydrogen (secondary N) is 1. The maximum Gasteiger partial charge on any atom is 0.147 e. The molecule has 7 aromatic carbocycles. The van der Waals surface area contributed by atoms with Gasteiger partial charge >= 0.3 is 0 Å². The van der Waals surface area contributed by atoms with Gasteiger partial charge in [0, 0.05) is 55.5 Å². The molecule has 0 aliphatic carbocycles. The highest BCUT2D eigenvalue weighted by atomic mass is 15.1. The van der Waals surface area contributed by atoms with Crippen LogP contribution >= 0.6 is 0 Å². The van der Waals surface area contributed by atoms with Crippen molar-refractivity contribution in [2.24, 2.45) is 0 Å². The minimum absolute atomic E-state index is 0.170. The average Bonchev–Trinajstić information content (AvgIpc) is 3.94. The summed E-state index contributed by atoms with van der Waals surface area (Å²) in [6.07, 6.45) is 1.87. The lowest BCUT2D eigenvalue weighted by Crippen LogP contribution is -2.18. The molecule has 0 saturated carbocycles. The predicted molar refractivity (Wildman–Crippen MR) is 232 cm³/mol. The molecule has 0 fully saturated rings. The van der Waals surface area contributed by atoms with Crippen LogP contribution in [0.2, 0.25) is 0 Å². The van der Waals surface area contributed by atoms with E-state index in [4.69, 9.17) is 9.97 Å². The fourth-order valence-corrected chi connectivity index (χ4v) is 8.74. The molecule has 0 spiro atoms. The molecule has 0 unspecified atom stereocenters. The van der Waals surface area contributed by atoms with Gasteiger partial charge in [0.25, 0.3) is 0 Å². The summed E-state index contributed by atoms with van der Waals surface area (Å²) in [7, 11) is 0. The van der Waals surface area contributed by atoms with Gasteiger partial charge in [0.15, 0.2) is 0 Å². The number of rotatable bonds is 6. The molecule has 0 radical (unpaired) electrons. The maximum absolute atomic E-state index is 5.55. The van der Waals surface area contributed by atoms with Crippen LogP contribution in [0.1, 0.15) is 25.0 Å². The molecule has 266 valence electrons. The third-order valence-corrected chi connectivity index (χ3v) is 11.7. The van der Waals surface area contributed by atoms with E-state index >= 15 is 0 Å². The van der Waals surface area contributed by atoms with E-state index in [-0.39, 0.29) is 5.41 Å². The van der Waals surface area contributed by atoms with Crippen molar-refractivity contribution in [2.45, 2.75) is 19.3 Å². The molecular formula is C51H37N5. The quantitative estimate of drug-likeness (QED) is 0.186. The van der Waals surface area contributed by atoms with Gasteiger partial charge in [0.1, 0.15) is 11.6 Å². The molecule has 0 saturated heterocycles. The van der Waals surface area contributed by atoms with Gasteiger partial charge in [0.05, 0.1) is 27.6 Å². The van der Waals surface area contributed by atoms with E-state index in [9.17, 15) is 0 Å². The third kappa shape index (κ3) is 4.87. The van der Waals surface area contributed by atoms with Crippen molar-refractivity contribution in [2.75, 3.05) is 0 Å². The zero-order chi connectivity index (χ0) is 37.4. The zero-order valence-electron chi connectivity index (χ0n) is 31.1. The summed E-state index contributed by atoms with van der Waals surface area (Å²) in [6.45, 7) is 4.61. The first kappa shape index (κ1) is 32.2. The molecule has 5 nitrogen and oxygen atoms in total. The number of imidazole rings is 1. The van der Waals surface area contributed by atoms with Crippen LogP contribution in [-0.2, 0) is 5.41 Å². The first-order valence-electron chi connectivity index (χ1n) is 19.2. The van der Waals surface area contributed by atoms with E-state index in [1.54, 1.807) is 0 Å². The zero-order valence-corrected chi connectivity index (χ0v) is 31.1. The van der Waals surface area contributed by atoms with Gasteiger partial charge in [-0.15, -0.1) is 0 Å². The number of nitrogens with zero attached hydrogens (tertiary/aromatic N) is 4. The summed E-state index contributed by atoms with van der Waals surface area (Å²) in [5.74, 6) is 1.79. The molecule has 56 heavy (non-hydrogen) atoms. The van der Waals surface area contributed by atoms with E-state index in [0.29, 0.717) is 0 Å². The van der Waals surface area contributed by atoms with E-state index in [0.717, 1.165) is 67.1 Å². The molecule has 0 bridgehead atoms. The number of benzene rings is 7. The van der Waals surface area contributed by atoms with Crippen molar-refractivity contribution in [1.82, 2.24) is 24.1 Å². The first-order valence-corrected chi connectivity index (χ1v) is 19.2. The van der Waals surface area contributed by atoms with Crippen LogP contribution in [-0.4, -0.2) is 24.1 Å². The standard InChI is InChI=1S/C51H37N5/c1-51(2,34-15-5-3-6-16-34)35-27-29-44-42(32-35)39-28-26-33(31-46(39)56(44)47-25-11-12-30-52-47)37-20-14-24-45-49(37)54-50(55(45)36-17-7-4-8-18-36)41-22-13-21-40-38-19-9-10-23-43(38)53-48(40)41/h3-32,53H,1-2H3. The number of aromatic amines is 1. The molecule has 4 heterocycles. The third-order valence-electron chi connectivity index (χ3n) is 11.7. The van der Waals surface area contributed by atoms with Crippen molar-refractivity contribution in [1.29, 1.82) is 0 Å². The number of fused-ring (bicyclic) bond motifs is 7. The monoisotopic (exact) mass is 719 g/mol. The van der Waals surface area contributed by atoms with E-state index in [1.165, 1.54) is 32.7 Å². The number of hydrogen-bond acceptors (Lipinski definition) is 2. The second kappa shape index (κ2) is 12.4. The SMILES string of the molecule is CC(C)(c1ccccc1)c1ccc2c(c1)c1ccc(-c3cccc4c3nc(-c3cccc5c3[nH]c3ccccc35)n4-c3ccccc3)cc1n2-c1ccccn1. The Morgan fingerprint density at radius 3 is 2.09 bits per heavy atom. The summed E-state index contributed by atoms with van der Waals surface area (Å²) >= 11 is 0. The van der Waals surface area contributed by atoms with Crippen molar-refractivity contribution >= 4 is 54.6 Å². The van der Waals surface area contributed by atoms with Crippen LogP contribution in [0.15, 0.2) is 182 Å². The first-order chi connectivity index (χ1) is 27.5. The van der Waals surface area contributed by atoms with E-state index in [1.807, 2.05) is 12.3 Å². The van der Waals surface area contributed by atoms with Gasteiger partial charge in [-0.2, -0.15) is 0 Å². The van der Waals surface area contributed by atoms with Gasteiger partial charge in [-0.1, -0.05) is 129 Å². The van der Waals surface area contributed by atoms with Crippen LogP contribution in [0.3, 0.4) is 0 Å². The molecule has 11 rings (SSSR count). The lowest BCUT2D eigenvalue weighted by molar-refractivity contribution is 0.642. The van der Waals surface area contributed by atoms with Crippen molar-refractivity contribution in [3.05, 3.63) is 193 Å². The lowest BCUT2D eigenvalue weighted by Gasteiger charge is -2.26. The number of H-pyrrole nitrogens is 1. The molecule has 4 aromatic heterocycles. The second-order valence-corrected chi connectivity index (χ2v) is 15.2. The molecule has 0 atom stereocenters. The number of hydrogen-bond donors (Lipinski definition) is 1. The summed E-state index contributed by atoms with van der Waals surface area (Å²) < 4.78 is 4.61. The van der Waals surface area contributed by atoms with Crippen molar-refractivity contribution in [3.8, 4) is 34.0 Å². The smallest absolute Gasteiger partial charge is 0.147 e. The summed E-state index contributed by atoms with van der Waals surface area (Å²) in [5.41, 5.74) is 13.1. The second-order valence-electron chi connectivity index (χ2n) is 15.2. The van der Waals surface area contributed by atoms with Crippen molar-refractivity contribution in [3.63, 3.8) is 0 Å². The number of pyridine rings is 1. The van der Waals surface area contributed by atoms with E-state index < -0.39 is 0 Å². The molecule has 0 aliphatic rings. The summed E-state index contributed by atoms with van der Waals surface area (Å²) in [6, 6.07) is 62.8. The Kier molecular flexibility index (Phi) is 7.13. The fourth-order valence-electron chi connectivity index (χ4n) is 8.74. The highest BCUT2D eigenvalue weighted by molar-refractivity contribution is 6.13. The molecule has 0 aliphatic heterocycles. The Hall–Kier alpha value is -7.24. The number of para-hydroxylation sites is 4. The largest absolute Gasteiger partial charge is 0.354 e. The highest BCUT2D eigenvalue weighted by Crippen LogP contribution is 2.42. The van der Waals surface area contributed by atoms with Crippen LogP contribution in [0.25, 0.3) is 88.7 Å². The molecular weight excluding hydrogens is 683 g/mol. The Bertz CT molecular complexity index is 3260. The van der Waals surface area contributed by atoms with Gasteiger partial charge in [-0.05, 0) is 77.4 Å². The normalized spacial score (nSPS) is 12.1. The minimum Gasteiger partial charge on any atom is -0.354 e. The molecule has 11 aromatic rings. The van der Waals surface area contributed by atoms with Crippen LogP contribution in [0.5, 0.6) is 0 Å². The maximum atomic E-state index is 5.55. The van der Waals surface area contributed by atoms with Gasteiger partial charge in [-0.25, -0.2) is 9.97 Å². The van der Waals surface area contributed by atoms with Gasteiger partial charge in [0.2, 0.25) is 0 Å². The topological polar surface area (TPSA) is 51.4 Å². The summed E-state index contributed by atoms with van der Waals surface area (Å²) in [5, 5.41) is 4.79. The Labute approximate surface area is 324 Å². The minimum atomic E-state index is -0.170. The Morgan fingerprint density at radius 1 is 0.500 bits per heavy atom.